The maximum Gasteiger partial charge on any atom is 0.0611 e. The van der Waals surface area contributed by atoms with Gasteiger partial charge in [-0.3, -0.25) is 0 Å². The Morgan fingerprint density at radius 1 is 1.57 bits per heavy atom. The molecule has 0 radical (unpaired) electrons. The first-order valence-corrected chi connectivity index (χ1v) is 5.45. The van der Waals surface area contributed by atoms with Crippen molar-refractivity contribution in [1.82, 2.24) is 0 Å². The molecule has 0 saturated carbocycles. The maximum absolute atomic E-state index is 9.01. The summed E-state index contributed by atoms with van der Waals surface area (Å²) >= 11 is 9.25. The van der Waals surface area contributed by atoms with E-state index in [0.29, 0.717) is 11.4 Å². The quantitative estimate of drug-likeness (QED) is 0.891. The number of rotatable bonds is 3. The number of aliphatic hydroxyl groups excluding tert-OH is 1. The van der Waals surface area contributed by atoms with Crippen LogP contribution in [0.5, 0.6) is 0 Å². The zero-order chi connectivity index (χ0) is 10.8. The molecule has 0 aromatic heterocycles. The fraction of sp³-hybridized carbons (Fsp3) is 0.400. The van der Waals surface area contributed by atoms with E-state index in [1.54, 1.807) is 0 Å². The first-order chi connectivity index (χ1) is 6.44. The van der Waals surface area contributed by atoms with Crippen LogP contribution in [-0.2, 0) is 6.42 Å². The van der Waals surface area contributed by atoms with Gasteiger partial charge in [-0.1, -0.05) is 17.7 Å². The Hall–Kier alpha value is -0.0900. The molecule has 1 aromatic rings. The minimum Gasteiger partial charge on any atom is -0.394 e. The Balaban J connectivity index is 2.83. The molecule has 0 bridgehead atoms. The number of nitrogens with two attached hydrogens (primary N) is 1. The van der Waals surface area contributed by atoms with Crippen LogP contribution >= 0.6 is 27.5 Å². The van der Waals surface area contributed by atoms with Crippen LogP contribution in [0.15, 0.2) is 22.7 Å². The summed E-state index contributed by atoms with van der Waals surface area (Å²) in [5.41, 5.74) is 6.27. The predicted octanol–water partition coefficient (Wildman–Crippen LogP) is 2.35. The molecule has 0 spiro atoms. The summed E-state index contributed by atoms with van der Waals surface area (Å²) in [7, 11) is 0. The Bertz CT molecular complexity index is 328. The molecule has 0 heterocycles. The molecule has 0 amide bonds. The fourth-order valence-electron chi connectivity index (χ4n) is 1.17. The summed E-state index contributed by atoms with van der Waals surface area (Å²) in [6.07, 6.45) is 0.608. The SMILES string of the molecule is CC(N)(CO)Cc1ccc(Br)c(Cl)c1. The van der Waals surface area contributed by atoms with Crippen molar-refractivity contribution in [2.45, 2.75) is 18.9 Å². The molecule has 0 aliphatic carbocycles. The topological polar surface area (TPSA) is 46.2 Å². The monoisotopic (exact) mass is 277 g/mol. The van der Waals surface area contributed by atoms with Gasteiger partial charge < -0.3 is 10.8 Å². The van der Waals surface area contributed by atoms with E-state index in [2.05, 4.69) is 15.9 Å². The van der Waals surface area contributed by atoms with Gasteiger partial charge in [-0.25, -0.2) is 0 Å². The molecule has 0 aliphatic rings. The van der Waals surface area contributed by atoms with Crippen LogP contribution in [0.25, 0.3) is 0 Å². The number of hydrogen-bond donors (Lipinski definition) is 2. The Kier molecular flexibility index (Phi) is 3.95. The van der Waals surface area contributed by atoms with Gasteiger partial charge >= 0.3 is 0 Å². The van der Waals surface area contributed by atoms with Crippen LogP contribution in [0.1, 0.15) is 12.5 Å². The summed E-state index contributed by atoms with van der Waals surface area (Å²) in [6, 6.07) is 5.67. The van der Waals surface area contributed by atoms with Crippen LogP contribution in [-0.4, -0.2) is 17.3 Å². The fourth-order valence-corrected chi connectivity index (χ4v) is 1.62. The lowest BCUT2D eigenvalue weighted by molar-refractivity contribution is 0.208. The van der Waals surface area contributed by atoms with E-state index in [1.807, 2.05) is 25.1 Å². The number of benzene rings is 1. The highest BCUT2D eigenvalue weighted by molar-refractivity contribution is 9.10. The molecular weight excluding hydrogens is 265 g/mol. The molecule has 0 fully saturated rings. The van der Waals surface area contributed by atoms with Crippen molar-refractivity contribution in [3.8, 4) is 0 Å². The van der Waals surface area contributed by atoms with Crippen molar-refractivity contribution in [2.75, 3.05) is 6.61 Å². The summed E-state index contributed by atoms with van der Waals surface area (Å²) in [5.74, 6) is 0. The first-order valence-electron chi connectivity index (χ1n) is 4.28. The number of aliphatic hydroxyl groups is 1. The Morgan fingerprint density at radius 3 is 2.71 bits per heavy atom. The smallest absolute Gasteiger partial charge is 0.0611 e. The normalized spacial score (nSPS) is 15.2. The van der Waals surface area contributed by atoms with Gasteiger partial charge in [0.05, 0.1) is 11.6 Å². The highest BCUT2D eigenvalue weighted by Crippen LogP contribution is 2.24. The minimum absolute atomic E-state index is 0.0410. The van der Waals surface area contributed by atoms with Crippen molar-refractivity contribution < 1.29 is 5.11 Å². The van der Waals surface area contributed by atoms with E-state index in [-0.39, 0.29) is 6.61 Å². The molecule has 14 heavy (non-hydrogen) atoms. The number of hydrogen-bond acceptors (Lipinski definition) is 2. The van der Waals surface area contributed by atoms with Crippen LogP contribution < -0.4 is 5.73 Å². The second kappa shape index (κ2) is 4.62. The zero-order valence-electron chi connectivity index (χ0n) is 7.93. The average molecular weight is 279 g/mol. The second-order valence-electron chi connectivity index (χ2n) is 3.74. The molecule has 1 rings (SSSR count). The van der Waals surface area contributed by atoms with Crippen molar-refractivity contribution >= 4 is 27.5 Å². The lowest BCUT2D eigenvalue weighted by Crippen LogP contribution is -2.42. The largest absolute Gasteiger partial charge is 0.394 e. The van der Waals surface area contributed by atoms with Crippen molar-refractivity contribution in [1.29, 1.82) is 0 Å². The molecule has 0 saturated heterocycles. The van der Waals surface area contributed by atoms with Gasteiger partial charge in [0.15, 0.2) is 0 Å². The van der Waals surface area contributed by atoms with Gasteiger partial charge in [-0.2, -0.15) is 0 Å². The van der Waals surface area contributed by atoms with E-state index in [0.717, 1.165) is 10.0 Å². The lowest BCUT2D eigenvalue weighted by Gasteiger charge is -2.21. The average Bonchev–Trinajstić information content (AvgIpc) is 2.11. The molecule has 1 aromatic carbocycles. The molecule has 2 nitrogen and oxygen atoms in total. The third kappa shape index (κ3) is 3.24. The lowest BCUT2D eigenvalue weighted by atomic mass is 9.95. The Labute approximate surface area is 97.2 Å². The van der Waals surface area contributed by atoms with E-state index >= 15 is 0 Å². The van der Waals surface area contributed by atoms with Crippen LogP contribution in [0, 0.1) is 0 Å². The molecule has 78 valence electrons. The van der Waals surface area contributed by atoms with E-state index < -0.39 is 5.54 Å². The summed E-state index contributed by atoms with van der Waals surface area (Å²) in [6.45, 7) is 1.77. The van der Waals surface area contributed by atoms with Gasteiger partial charge in [0.2, 0.25) is 0 Å². The van der Waals surface area contributed by atoms with E-state index in [1.165, 1.54) is 0 Å². The molecular formula is C10H13BrClNO. The predicted molar refractivity (Wildman–Crippen MR) is 62.5 cm³/mol. The summed E-state index contributed by atoms with van der Waals surface area (Å²) < 4.78 is 0.866. The van der Waals surface area contributed by atoms with E-state index in [9.17, 15) is 0 Å². The number of halogens is 2. The summed E-state index contributed by atoms with van der Waals surface area (Å²) in [5, 5.41) is 9.68. The van der Waals surface area contributed by atoms with Gasteiger partial charge in [0, 0.05) is 10.0 Å². The standard InChI is InChI=1S/C10H13BrClNO/c1-10(13,6-14)5-7-2-3-8(11)9(12)4-7/h2-4,14H,5-6,13H2,1H3. The van der Waals surface area contributed by atoms with Crippen LogP contribution in [0.2, 0.25) is 5.02 Å². The van der Waals surface area contributed by atoms with Gasteiger partial charge in [-0.15, -0.1) is 0 Å². The first kappa shape index (κ1) is 12.0. The molecule has 1 atom stereocenters. The zero-order valence-corrected chi connectivity index (χ0v) is 10.3. The third-order valence-corrected chi connectivity index (χ3v) is 3.19. The molecule has 1 unspecified atom stereocenters. The van der Waals surface area contributed by atoms with Crippen molar-refractivity contribution in [3.05, 3.63) is 33.3 Å². The maximum atomic E-state index is 9.01. The second-order valence-corrected chi connectivity index (χ2v) is 5.00. The van der Waals surface area contributed by atoms with Crippen molar-refractivity contribution in [3.63, 3.8) is 0 Å². The van der Waals surface area contributed by atoms with Crippen LogP contribution in [0.3, 0.4) is 0 Å². The van der Waals surface area contributed by atoms with Crippen LogP contribution in [0.4, 0.5) is 0 Å². The van der Waals surface area contributed by atoms with E-state index in [4.69, 9.17) is 22.4 Å². The van der Waals surface area contributed by atoms with Gasteiger partial charge in [0.1, 0.15) is 0 Å². The van der Waals surface area contributed by atoms with Gasteiger partial charge in [0.25, 0.3) is 0 Å². The Morgan fingerprint density at radius 2 is 2.21 bits per heavy atom. The summed E-state index contributed by atoms with van der Waals surface area (Å²) in [4.78, 5) is 0. The highest BCUT2D eigenvalue weighted by Gasteiger charge is 2.17. The third-order valence-electron chi connectivity index (χ3n) is 1.95. The highest BCUT2D eigenvalue weighted by atomic mass is 79.9. The molecule has 3 N–H and O–H groups in total. The van der Waals surface area contributed by atoms with Crippen molar-refractivity contribution in [2.24, 2.45) is 5.73 Å². The molecule has 4 heteroatoms. The minimum atomic E-state index is -0.586. The molecule has 0 aliphatic heterocycles. The van der Waals surface area contributed by atoms with Gasteiger partial charge in [-0.05, 0) is 47.0 Å².